The Hall–Kier alpha value is -0.750. The van der Waals surface area contributed by atoms with Gasteiger partial charge in [0.05, 0.1) is 11.7 Å². The summed E-state index contributed by atoms with van der Waals surface area (Å²) in [5.41, 5.74) is -0.958. The lowest BCUT2D eigenvalue weighted by molar-refractivity contribution is -0.139. The molecule has 6 heteroatoms. The van der Waals surface area contributed by atoms with Gasteiger partial charge in [0, 0.05) is 23.7 Å². The number of rotatable bonds is 5. The average molecular weight is 265 g/mol. The summed E-state index contributed by atoms with van der Waals surface area (Å²) in [5, 5.41) is 9.73. The van der Waals surface area contributed by atoms with Crippen LogP contribution < -0.4 is 0 Å². The van der Waals surface area contributed by atoms with Gasteiger partial charge in [-0.25, -0.2) is 0 Å². The summed E-state index contributed by atoms with van der Waals surface area (Å²) in [7, 11) is 0. The van der Waals surface area contributed by atoms with E-state index in [-0.39, 0.29) is 11.3 Å². The SMILES string of the molecule is CCCSCC(O)c1cnccc1C(F)(F)F. The maximum Gasteiger partial charge on any atom is 0.416 e. The standard InChI is InChI=1S/C11H14F3NOS/c1-2-5-17-7-10(16)8-6-15-4-3-9(8)11(12,13)14/h3-4,6,10,16H,2,5,7H2,1H3. The highest BCUT2D eigenvalue weighted by molar-refractivity contribution is 7.99. The first kappa shape index (κ1) is 14.3. The van der Waals surface area contributed by atoms with E-state index in [1.54, 1.807) is 0 Å². The van der Waals surface area contributed by atoms with E-state index >= 15 is 0 Å². The van der Waals surface area contributed by atoms with E-state index in [0.717, 1.165) is 30.6 Å². The van der Waals surface area contributed by atoms with Crippen LogP contribution in [0.5, 0.6) is 0 Å². The highest BCUT2D eigenvalue weighted by Gasteiger charge is 2.34. The largest absolute Gasteiger partial charge is 0.416 e. The van der Waals surface area contributed by atoms with Crippen LogP contribution in [0.25, 0.3) is 0 Å². The van der Waals surface area contributed by atoms with Gasteiger partial charge < -0.3 is 5.11 Å². The molecule has 1 aromatic heterocycles. The third kappa shape index (κ3) is 4.20. The molecule has 96 valence electrons. The molecule has 0 aliphatic carbocycles. The second-order valence-corrected chi connectivity index (χ2v) is 4.70. The van der Waals surface area contributed by atoms with E-state index in [4.69, 9.17) is 0 Å². The molecule has 1 rings (SSSR count). The molecule has 1 aromatic rings. The van der Waals surface area contributed by atoms with Crippen molar-refractivity contribution in [2.75, 3.05) is 11.5 Å². The first-order valence-corrected chi connectivity index (χ1v) is 6.39. The number of aromatic nitrogens is 1. The Bertz CT molecular complexity index is 357. The van der Waals surface area contributed by atoms with Gasteiger partial charge in [0.25, 0.3) is 0 Å². The van der Waals surface area contributed by atoms with Crippen molar-refractivity contribution in [3.63, 3.8) is 0 Å². The van der Waals surface area contributed by atoms with E-state index in [9.17, 15) is 18.3 Å². The Morgan fingerprint density at radius 3 is 2.76 bits per heavy atom. The van der Waals surface area contributed by atoms with Crippen molar-refractivity contribution in [2.24, 2.45) is 0 Å². The summed E-state index contributed by atoms with van der Waals surface area (Å²) in [6.45, 7) is 1.98. The Kier molecular flexibility index (Phi) is 5.27. The van der Waals surface area contributed by atoms with Gasteiger partial charge in [-0.2, -0.15) is 24.9 Å². The smallest absolute Gasteiger partial charge is 0.387 e. The highest BCUT2D eigenvalue weighted by atomic mass is 32.2. The highest BCUT2D eigenvalue weighted by Crippen LogP contribution is 2.34. The van der Waals surface area contributed by atoms with Gasteiger partial charge in [0.1, 0.15) is 0 Å². The van der Waals surface area contributed by atoms with Gasteiger partial charge in [-0.3, -0.25) is 4.98 Å². The van der Waals surface area contributed by atoms with Crippen molar-refractivity contribution in [3.05, 3.63) is 29.6 Å². The molecule has 0 saturated carbocycles. The molecule has 0 saturated heterocycles. The molecule has 1 N–H and O–H groups in total. The summed E-state index contributed by atoms with van der Waals surface area (Å²) in [4.78, 5) is 3.64. The summed E-state index contributed by atoms with van der Waals surface area (Å²) in [5.74, 6) is 1.07. The van der Waals surface area contributed by atoms with Crippen LogP contribution in [0.2, 0.25) is 0 Å². The Labute approximate surface area is 102 Å². The van der Waals surface area contributed by atoms with Gasteiger partial charge in [0.2, 0.25) is 0 Å². The molecule has 1 atom stereocenters. The van der Waals surface area contributed by atoms with Crippen molar-refractivity contribution in [1.82, 2.24) is 4.98 Å². The molecule has 17 heavy (non-hydrogen) atoms. The zero-order valence-electron chi connectivity index (χ0n) is 9.37. The summed E-state index contributed by atoms with van der Waals surface area (Å²) < 4.78 is 38.0. The third-order valence-corrected chi connectivity index (χ3v) is 3.39. The number of nitrogens with zero attached hydrogens (tertiary/aromatic N) is 1. The van der Waals surface area contributed by atoms with Crippen LogP contribution in [-0.2, 0) is 6.18 Å². The molecule has 0 aliphatic rings. The van der Waals surface area contributed by atoms with Crippen molar-refractivity contribution >= 4 is 11.8 Å². The van der Waals surface area contributed by atoms with E-state index < -0.39 is 17.8 Å². The maximum atomic E-state index is 12.7. The first-order chi connectivity index (χ1) is 7.96. The molecule has 0 aliphatic heterocycles. The number of pyridine rings is 1. The van der Waals surface area contributed by atoms with Gasteiger partial charge in [-0.1, -0.05) is 6.92 Å². The zero-order chi connectivity index (χ0) is 12.9. The van der Waals surface area contributed by atoms with E-state index in [1.165, 1.54) is 11.8 Å². The van der Waals surface area contributed by atoms with Crippen molar-refractivity contribution in [3.8, 4) is 0 Å². The van der Waals surface area contributed by atoms with Gasteiger partial charge >= 0.3 is 6.18 Å². The van der Waals surface area contributed by atoms with Gasteiger partial charge in [0.15, 0.2) is 0 Å². The molecule has 0 aromatic carbocycles. The predicted molar refractivity (Wildman–Crippen MR) is 61.8 cm³/mol. The molecule has 1 heterocycles. The molecule has 2 nitrogen and oxygen atoms in total. The molecule has 0 fully saturated rings. The second-order valence-electron chi connectivity index (χ2n) is 3.55. The Morgan fingerprint density at radius 1 is 1.47 bits per heavy atom. The van der Waals surface area contributed by atoms with E-state index in [2.05, 4.69) is 4.98 Å². The number of thioether (sulfide) groups is 1. The monoisotopic (exact) mass is 265 g/mol. The maximum absolute atomic E-state index is 12.7. The molecule has 1 unspecified atom stereocenters. The van der Waals surface area contributed by atoms with Crippen LogP contribution >= 0.6 is 11.8 Å². The summed E-state index contributed by atoms with van der Waals surface area (Å²) >= 11 is 1.43. The number of alkyl halides is 3. The summed E-state index contributed by atoms with van der Waals surface area (Å²) in [6.07, 6.45) is -2.49. The fourth-order valence-corrected chi connectivity index (χ4v) is 2.22. The second kappa shape index (κ2) is 6.26. The van der Waals surface area contributed by atoms with Gasteiger partial charge in [-0.05, 0) is 18.2 Å². The lowest BCUT2D eigenvalue weighted by atomic mass is 10.1. The Balaban J connectivity index is 2.82. The van der Waals surface area contributed by atoms with Crippen LogP contribution in [0.1, 0.15) is 30.6 Å². The van der Waals surface area contributed by atoms with Crippen LogP contribution in [0.4, 0.5) is 13.2 Å². The molecule has 0 bridgehead atoms. The van der Waals surface area contributed by atoms with E-state index in [0.29, 0.717) is 0 Å². The van der Waals surface area contributed by atoms with Crippen LogP contribution in [-0.4, -0.2) is 21.6 Å². The van der Waals surface area contributed by atoms with Crippen LogP contribution in [0.15, 0.2) is 18.5 Å². The molecule has 0 radical (unpaired) electrons. The average Bonchev–Trinajstić information content (AvgIpc) is 2.28. The fourth-order valence-electron chi connectivity index (χ4n) is 1.36. The predicted octanol–water partition coefficient (Wildman–Crippen LogP) is 3.28. The minimum Gasteiger partial charge on any atom is -0.387 e. The quantitative estimate of drug-likeness (QED) is 0.829. The van der Waals surface area contributed by atoms with Crippen molar-refractivity contribution in [1.29, 1.82) is 0 Å². The fraction of sp³-hybridized carbons (Fsp3) is 0.545. The normalized spacial score (nSPS) is 13.7. The number of aliphatic hydroxyl groups is 1. The van der Waals surface area contributed by atoms with E-state index in [1.807, 2.05) is 6.92 Å². The van der Waals surface area contributed by atoms with Crippen LogP contribution in [0.3, 0.4) is 0 Å². The third-order valence-electron chi connectivity index (χ3n) is 2.14. The Morgan fingerprint density at radius 2 is 2.18 bits per heavy atom. The van der Waals surface area contributed by atoms with Gasteiger partial charge in [-0.15, -0.1) is 0 Å². The number of hydrogen-bond donors (Lipinski definition) is 1. The topological polar surface area (TPSA) is 33.1 Å². The number of hydrogen-bond acceptors (Lipinski definition) is 3. The first-order valence-electron chi connectivity index (χ1n) is 5.23. The zero-order valence-corrected chi connectivity index (χ0v) is 10.2. The lowest BCUT2D eigenvalue weighted by Gasteiger charge is -2.16. The number of aliphatic hydroxyl groups excluding tert-OH is 1. The molecular formula is C11H14F3NOS. The summed E-state index contributed by atoms with van der Waals surface area (Å²) in [6, 6.07) is 0.892. The van der Waals surface area contributed by atoms with Crippen molar-refractivity contribution < 1.29 is 18.3 Å². The molecule has 0 amide bonds. The molecular weight excluding hydrogens is 251 g/mol. The minimum absolute atomic E-state index is 0.149. The van der Waals surface area contributed by atoms with Crippen molar-refractivity contribution in [2.45, 2.75) is 25.6 Å². The molecule has 0 spiro atoms. The minimum atomic E-state index is -4.45. The lowest BCUT2D eigenvalue weighted by Crippen LogP contribution is -2.13. The number of halogens is 3. The van der Waals surface area contributed by atoms with Crippen LogP contribution in [0, 0.1) is 0 Å².